The average molecular weight is 241 g/mol. The Morgan fingerprint density at radius 3 is 2.24 bits per heavy atom. The Balaban J connectivity index is 2.55. The number of pyridine rings is 1. The van der Waals surface area contributed by atoms with Crippen LogP contribution in [0.25, 0.3) is 11.1 Å². The van der Waals surface area contributed by atoms with Gasteiger partial charge in [-0.15, -0.1) is 0 Å². The summed E-state index contributed by atoms with van der Waals surface area (Å²) in [6.45, 7) is 9.15. The van der Waals surface area contributed by atoms with Crippen LogP contribution >= 0.6 is 0 Å². The van der Waals surface area contributed by atoms with Crippen LogP contribution in [0.1, 0.15) is 5.69 Å². The van der Waals surface area contributed by atoms with Gasteiger partial charge in [-0.1, -0.05) is 56.0 Å². The molecule has 1 aromatic carbocycles. The van der Waals surface area contributed by atoms with Crippen LogP contribution in [0, 0.1) is 6.92 Å². The van der Waals surface area contributed by atoms with E-state index in [0.29, 0.717) is 0 Å². The monoisotopic (exact) mass is 241 g/mol. The molecule has 0 atom stereocenters. The maximum absolute atomic E-state index is 4.56. The summed E-state index contributed by atoms with van der Waals surface area (Å²) >= 11 is 0. The highest BCUT2D eigenvalue weighted by Gasteiger charge is 2.18. The number of hydrogen-bond donors (Lipinski definition) is 0. The van der Waals surface area contributed by atoms with Gasteiger partial charge >= 0.3 is 0 Å². The second kappa shape index (κ2) is 4.45. The van der Waals surface area contributed by atoms with Crippen molar-refractivity contribution in [2.24, 2.45) is 0 Å². The fourth-order valence-electron chi connectivity index (χ4n) is 1.85. The summed E-state index contributed by atoms with van der Waals surface area (Å²) in [7, 11) is -1.28. The predicted octanol–water partition coefficient (Wildman–Crippen LogP) is 3.60. The number of aryl methyl sites for hydroxylation is 1. The number of aromatic nitrogens is 1. The molecule has 1 aromatic heterocycles. The van der Waals surface area contributed by atoms with Crippen LogP contribution < -0.4 is 5.19 Å². The molecule has 0 saturated heterocycles. The van der Waals surface area contributed by atoms with Crippen LogP contribution in [-0.4, -0.2) is 13.1 Å². The molecule has 1 heterocycles. The van der Waals surface area contributed by atoms with Crippen molar-refractivity contribution in [1.82, 2.24) is 4.98 Å². The molecular formula is C15H19NSi. The van der Waals surface area contributed by atoms with E-state index in [2.05, 4.69) is 67.9 Å². The average Bonchev–Trinajstić information content (AvgIpc) is 2.29. The Morgan fingerprint density at radius 1 is 1.00 bits per heavy atom. The molecule has 0 aliphatic rings. The third-order valence-corrected chi connectivity index (χ3v) is 5.04. The van der Waals surface area contributed by atoms with E-state index in [1.807, 2.05) is 6.20 Å². The number of rotatable bonds is 2. The van der Waals surface area contributed by atoms with Crippen LogP contribution in [0.3, 0.4) is 0 Å². The Bertz CT molecular complexity index is 512. The SMILES string of the molecule is Cc1ncc([Si](C)(C)C)cc1-c1ccccc1. The van der Waals surface area contributed by atoms with Gasteiger partial charge in [0.15, 0.2) is 0 Å². The molecule has 0 bridgehead atoms. The normalized spacial score (nSPS) is 11.5. The van der Waals surface area contributed by atoms with Crippen molar-refractivity contribution < 1.29 is 0 Å². The van der Waals surface area contributed by atoms with Crippen LogP contribution in [0.5, 0.6) is 0 Å². The van der Waals surface area contributed by atoms with Gasteiger partial charge in [0.2, 0.25) is 0 Å². The zero-order valence-corrected chi connectivity index (χ0v) is 12.0. The highest BCUT2D eigenvalue weighted by molar-refractivity contribution is 6.88. The van der Waals surface area contributed by atoms with E-state index in [0.717, 1.165) is 5.69 Å². The van der Waals surface area contributed by atoms with Gasteiger partial charge in [-0.25, -0.2) is 0 Å². The number of hydrogen-bond acceptors (Lipinski definition) is 1. The zero-order valence-electron chi connectivity index (χ0n) is 11.0. The van der Waals surface area contributed by atoms with E-state index in [4.69, 9.17) is 0 Å². The van der Waals surface area contributed by atoms with Crippen LogP contribution in [0.2, 0.25) is 19.6 Å². The number of nitrogens with zero attached hydrogens (tertiary/aromatic N) is 1. The van der Waals surface area contributed by atoms with Crippen LogP contribution in [0.4, 0.5) is 0 Å². The minimum absolute atomic E-state index is 1.11. The lowest BCUT2D eigenvalue weighted by Gasteiger charge is -2.18. The predicted molar refractivity (Wildman–Crippen MR) is 77.4 cm³/mol. The van der Waals surface area contributed by atoms with Gasteiger partial charge < -0.3 is 0 Å². The van der Waals surface area contributed by atoms with E-state index in [1.54, 1.807) is 0 Å². The standard InChI is InChI=1S/C15H19NSi/c1-12-15(13-8-6-5-7-9-13)10-14(11-16-12)17(2,3)4/h5-11H,1-4H3. The van der Waals surface area contributed by atoms with Crippen molar-refractivity contribution in [3.05, 3.63) is 48.3 Å². The summed E-state index contributed by atoms with van der Waals surface area (Å²) in [5.41, 5.74) is 3.64. The van der Waals surface area contributed by atoms with E-state index in [-0.39, 0.29) is 0 Å². The lowest BCUT2D eigenvalue weighted by Crippen LogP contribution is -2.38. The molecule has 0 aliphatic heterocycles. The molecule has 2 rings (SSSR count). The summed E-state index contributed by atoms with van der Waals surface area (Å²) in [5, 5.41) is 1.42. The summed E-state index contributed by atoms with van der Waals surface area (Å²) in [6.07, 6.45) is 2.05. The molecule has 0 amide bonds. The minimum atomic E-state index is -1.28. The highest BCUT2D eigenvalue weighted by atomic mass is 28.3. The Hall–Kier alpha value is -1.41. The summed E-state index contributed by atoms with van der Waals surface area (Å²) in [4.78, 5) is 4.56. The maximum Gasteiger partial charge on any atom is 0.0796 e. The Kier molecular flexibility index (Phi) is 3.16. The second-order valence-corrected chi connectivity index (χ2v) is 10.6. The first-order valence-electron chi connectivity index (χ1n) is 6.01. The molecule has 1 nitrogen and oxygen atoms in total. The van der Waals surface area contributed by atoms with Crippen molar-refractivity contribution in [2.75, 3.05) is 0 Å². The summed E-state index contributed by atoms with van der Waals surface area (Å²) in [5.74, 6) is 0. The summed E-state index contributed by atoms with van der Waals surface area (Å²) in [6, 6.07) is 12.8. The molecule has 0 N–H and O–H groups in total. The van der Waals surface area contributed by atoms with Gasteiger partial charge in [-0.05, 0) is 17.7 Å². The fourth-order valence-corrected chi connectivity index (χ4v) is 2.88. The lowest BCUT2D eigenvalue weighted by atomic mass is 10.1. The van der Waals surface area contributed by atoms with Crippen molar-refractivity contribution >= 4 is 13.3 Å². The van der Waals surface area contributed by atoms with E-state index in [9.17, 15) is 0 Å². The largest absolute Gasteiger partial charge is 0.261 e. The first-order valence-corrected chi connectivity index (χ1v) is 9.51. The van der Waals surface area contributed by atoms with Crippen molar-refractivity contribution in [1.29, 1.82) is 0 Å². The van der Waals surface area contributed by atoms with Gasteiger partial charge in [0, 0.05) is 17.5 Å². The Morgan fingerprint density at radius 2 is 1.65 bits per heavy atom. The summed E-state index contributed by atoms with van der Waals surface area (Å²) < 4.78 is 0. The molecule has 88 valence electrons. The molecule has 0 unspecified atom stereocenters. The minimum Gasteiger partial charge on any atom is -0.261 e. The van der Waals surface area contributed by atoms with Gasteiger partial charge in [0.05, 0.1) is 8.07 Å². The molecule has 0 fully saturated rings. The first kappa shape index (κ1) is 12.1. The quantitative estimate of drug-likeness (QED) is 0.732. The molecule has 2 aromatic rings. The third kappa shape index (κ3) is 2.64. The van der Waals surface area contributed by atoms with Gasteiger partial charge in [-0.3, -0.25) is 4.98 Å². The third-order valence-electron chi connectivity index (χ3n) is 3.04. The molecule has 0 spiro atoms. The van der Waals surface area contributed by atoms with Crippen LogP contribution in [-0.2, 0) is 0 Å². The molecule has 2 heteroatoms. The van der Waals surface area contributed by atoms with Crippen molar-refractivity contribution in [3.63, 3.8) is 0 Å². The molecule has 17 heavy (non-hydrogen) atoms. The Labute approximate surface area is 105 Å². The van der Waals surface area contributed by atoms with Crippen LogP contribution in [0.15, 0.2) is 42.6 Å². The van der Waals surface area contributed by atoms with E-state index < -0.39 is 8.07 Å². The van der Waals surface area contributed by atoms with E-state index >= 15 is 0 Å². The topological polar surface area (TPSA) is 12.9 Å². The molecular weight excluding hydrogens is 222 g/mol. The number of benzene rings is 1. The van der Waals surface area contributed by atoms with Crippen molar-refractivity contribution in [3.8, 4) is 11.1 Å². The zero-order chi connectivity index (χ0) is 12.5. The molecule has 0 saturated carbocycles. The van der Waals surface area contributed by atoms with Crippen molar-refractivity contribution in [2.45, 2.75) is 26.6 Å². The van der Waals surface area contributed by atoms with Gasteiger partial charge in [-0.2, -0.15) is 0 Å². The van der Waals surface area contributed by atoms with E-state index in [1.165, 1.54) is 16.3 Å². The highest BCUT2D eigenvalue weighted by Crippen LogP contribution is 2.21. The smallest absolute Gasteiger partial charge is 0.0796 e. The maximum atomic E-state index is 4.56. The van der Waals surface area contributed by atoms with Gasteiger partial charge in [0.1, 0.15) is 0 Å². The molecule has 0 radical (unpaired) electrons. The first-order chi connectivity index (χ1) is 7.98. The lowest BCUT2D eigenvalue weighted by molar-refractivity contribution is 1.21. The molecule has 0 aliphatic carbocycles. The second-order valence-electron chi connectivity index (χ2n) is 5.47. The fraction of sp³-hybridized carbons (Fsp3) is 0.267. The van der Waals surface area contributed by atoms with Gasteiger partial charge in [0.25, 0.3) is 0 Å².